The van der Waals surface area contributed by atoms with Crippen LogP contribution in [-0.2, 0) is 14.9 Å². The van der Waals surface area contributed by atoms with Crippen LogP contribution in [0.1, 0.15) is 6.92 Å². The first-order chi connectivity index (χ1) is 6.22. The highest BCUT2D eigenvalue weighted by atomic mass is 32.2. The molecule has 0 bridgehead atoms. The third-order valence-corrected chi connectivity index (χ3v) is 3.31. The average molecular weight is 225 g/mol. The summed E-state index contributed by atoms with van der Waals surface area (Å²) in [6, 6.07) is 0. The number of ether oxygens (including phenoxy) is 1. The summed E-state index contributed by atoms with van der Waals surface area (Å²) >= 11 is 0. The molecule has 1 saturated heterocycles. The molecule has 1 unspecified atom stereocenters. The zero-order valence-electron chi connectivity index (χ0n) is 7.88. The smallest absolute Gasteiger partial charge is 0.280 e. The second-order valence-electron chi connectivity index (χ2n) is 3.39. The maximum atomic E-state index is 10.8. The highest BCUT2D eigenvalue weighted by molar-refractivity contribution is 7.86. The van der Waals surface area contributed by atoms with Gasteiger partial charge in [-0.15, -0.1) is 0 Å². The van der Waals surface area contributed by atoms with Gasteiger partial charge >= 0.3 is 0 Å². The molecule has 1 heterocycles. The van der Waals surface area contributed by atoms with E-state index in [1.165, 1.54) is 11.8 Å². The van der Waals surface area contributed by atoms with Crippen LogP contribution in [0.15, 0.2) is 0 Å². The highest BCUT2D eigenvalue weighted by Crippen LogP contribution is 2.13. The molecule has 1 aliphatic rings. The van der Waals surface area contributed by atoms with Crippen molar-refractivity contribution < 1.29 is 17.7 Å². The molecule has 14 heavy (non-hydrogen) atoms. The molecule has 0 aromatic rings. The summed E-state index contributed by atoms with van der Waals surface area (Å²) in [5.41, 5.74) is 11.0. The number of nitrogens with two attached hydrogens (primary N) is 2. The summed E-state index contributed by atoms with van der Waals surface area (Å²) in [4.78, 5) is 1.46. The van der Waals surface area contributed by atoms with E-state index in [-0.39, 0.29) is 13.2 Å². The van der Waals surface area contributed by atoms with Gasteiger partial charge in [0, 0.05) is 6.54 Å². The van der Waals surface area contributed by atoms with E-state index in [0.29, 0.717) is 6.54 Å². The lowest BCUT2D eigenvalue weighted by Gasteiger charge is -2.39. The second kappa shape index (κ2) is 3.72. The van der Waals surface area contributed by atoms with Crippen molar-refractivity contribution in [3.05, 3.63) is 0 Å². The van der Waals surface area contributed by atoms with E-state index in [1.54, 1.807) is 0 Å². The number of nitrogens with zero attached hydrogens (tertiary/aromatic N) is 1. The second-order valence-corrected chi connectivity index (χ2v) is 5.10. The Morgan fingerprint density at radius 1 is 1.57 bits per heavy atom. The number of morpholine rings is 1. The van der Waals surface area contributed by atoms with Gasteiger partial charge in [0.25, 0.3) is 10.1 Å². The quantitative estimate of drug-likeness (QED) is 0.372. The predicted octanol–water partition coefficient (Wildman–Crippen LogP) is -1.88. The standard InChI is InChI=1S/C6H15N3O4S/c1-5(14(10,11)12)9-2-3-13-6(7,8)4-9/h5H,2-4,7-8H2,1H3,(H,10,11,12). The van der Waals surface area contributed by atoms with E-state index in [9.17, 15) is 8.42 Å². The number of hydrogen-bond acceptors (Lipinski definition) is 6. The van der Waals surface area contributed by atoms with Crippen molar-refractivity contribution in [2.45, 2.75) is 18.1 Å². The van der Waals surface area contributed by atoms with Crippen LogP contribution >= 0.6 is 0 Å². The lowest BCUT2D eigenvalue weighted by molar-refractivity contribution is -0.104. The van der Waals surface area contributed by atoms with Crippen molar-refractivity contribution in [1.82, 2.24) is 4.90 Å². The zero-order chi connectivity index (χ0) is 11.0. The maximum absolute atomic E-state index is 10.8. The molecule has 0 aromatic carbocycles. The molecular formula is C6H15N3O4S. The Kier molecular flexibility index (Phi) is 3.14. The van der Waals surface area contributed by atoms with Gasteiger partial charge < -0.3 is 4.74 Å². The zero-order valence-corrected chi connectivity index (χ0v) is 8.70. The van der Waals surface area contributed by atoms with Gasteiger partial charge in [0.05, 0.1) is 13.2 Å². The minimum Gasteiger partial charge on any atom is -0.345 e. The largest absolute Gasteiger partial charge is 0.345 e. The number of hydrogen-bond donors (Lipinski definition) is 3. The van der Waals surface area contributed by atoms with Crippen molar-refractivity contribution in [3.63, 3.8) is 0 Å². The van der Waals surface area contributed by atoms with Gasteiger partial charge in [0.2, 0.25) is 0 Å². The average Bonchev–Trinajstić information content (AvgIpc) is 1.99. The van der Waals surface area contributed by atoms with Crippen LogP contribution in [0, 0.1) is 0 Å². The lowest BCUT2D eigenvalue weighted by Crippen LogP contribution is -2.65. The Morgan fingerprint density at radius 2 is 2.14 bits per heavy atom. The first-order valence-corrected chi connectivity index (χ1v) is 5.65. The molecule has 8 heteroatoms. The molecule has 7 nitrogen and oxygen atoms in total. The summed E-state index contributed by atoms with van der Waals surface area (Å²) in [6.07, 6.45) is 0. The van der Waals surface area contributed by atoms with Crippen LogP contribution < -0.4 is 11.5 Å². The van der Waals surface area contributed by atoms with E-state index in [2.05, 4.69) is 0 Å². The summed E-state index contributed by atoms with van der Waals surface area (Å²) in [5, 5.41) is -1.02. The summed E-state index contributed by atoms with van der Waals surface area (Å²) < 4.78 is 35.5. The first-order valence-electron chi connectivity index (χ1n) is 4.14. The van der Waals surface area contributed by atoms with E-state index >= 15 is 0 Å². The van der Waals surface area contributed by atoms with Crippen LogP contribution in [0.25, 0.3) is 0 Å². The van der Waals surface area contributed by atoms with Crippen molar-refractivity contribution >= 4 is 10.1 Å². The van der Waals surface area contributed by atoms with Crippen LogP contribution in [0.3, 0.4) is 0 Å². The van der Waals surface area contributed by atoms with Crippen molar-refractivity contribution in [2.24, 2.45) is 11.5 Å². The van der Waals surface area contributed by atoms with Crippen LogP contribution in [-0.4, -0.2) is 48.8 Å². The molecule has 84 valence electrons. The molecule has 5 N–H and O–H groups in total. The minimum absolute atomic E-state index is 0.0634. The molecule has 0 saturated carbocycles. The molecule has 1 aliphatic heterocycles. The van der Waals surface area contributed by atoms with Crippen LogP contribution in [0.2, 0.25) is 0 Å². The van der Waals surface area contributed by atoms with Crippen molar-refractivity contribution in [1.29, 1.82) is 0 Å². The minimum atomic E-state index is -4.09. The molecule has 1 atom stereocenters. The Morgan fingerprint density at radius 3 is 2.57 bits per heavy atom. The van der Waals surface area contributed by atoms with Crippen LogP contribution in [0.4, 0.5) is 0 Å². The normalized spacial score (nSPS) is 26.0. The fraction of sp³-hybridized carbons (Fsp3) is 1.00. The van der Waals surface area contributed by atoms with Crippen LogP contribution in [0.5, 0.6) is 0 Å². The summed E-state index contributed by atoms with van der Waals surface area (Å²) in [7, 11) is -4.09. The fourth-order valence-electron chi connectivity index (χ4n) is 1.29. The van der Waals surface area contributed by atoms with E-state index in [4.69, 9.17) is 20.8 Å². The lowest BCUT2D eigenvalue weighted by atomic mass is 10.3. The molecule has 1 fully saturated rings. The summed E-state index contributed by atoms with van der Waals surface area (Å²) in [6.45, 7) is 2.05. The molecule has 0 amide bonds. The molecule has 0 aliphatic carbocycles. The Hall–Kier alpha value is -0.250. The Balaban J connectivity index is 2.70. The van der Waals surface area contributed by atoms with Gasteiger partial charge in [-0.05, 0) is 6.92 Å². The molecular weight excluding hydrogens is 210 g/mol. The molecule has 0 radical (unpaired) electrons. The van der Waals surface area contributed by atoms with Gasteiger partial charge in [-0.25, -0.2) is 0 Å². The fourth-order valence-corrected chi connectivity index (χ4v) is 1.85. The third-order valence-electron chi connectivity index (χ3n) is 2.14. The molecule has 1 rings (SSSR count). The van der Waals surface area contributed by atoms with Crippen molar-refractivity contribution in [3.8, 4) is 0 Å². The molecule has 0 aromatic heterocycles. The monoisotopic (exact) mass is 225 g/mol. The summed E-state index contributed by atoms with van der Waals surface area (Å²) in [5.74, 6) is -1.35. The van der Waals surface area contributed by atoms with E-state index in [0.717, 1.165) is 0 Å². The maximum Gasteiger partial charge on any atom is 0.280 e. The van der Waals surface area contributed by atoms with Gasteiger partial charge in [0.1, 0.15) is 5.37 Å². The predicted molar refractivity (Wildman–Crippen MR) is 49.6 cm³/mol. The highest BCUT2D eigenvalue weighted by Gasteiger charge is 2.35. The SMILES string of the molecule is CC(N1CCOC(N)(N)C1)S(=O)(=O)O. The van der Waals surface area contributed by atoms with Gasteiger partial charge in [-0.2, -0.15) is 8.42 Å². The van der Waals surface area contributed by atoms with Gasteiger partial charge in [-0.1, -0.05) is 0 Å². The topological polar surface area (TPSA) is 119 Å². The third kappa shape index (κ3) is 2.87. The van der Waals surface area contributed by atoms with Gasteiger partial charge in [0.15, 0.2) is 5.85 Å². The van der Waals surface area contributed by atoms with Crippen molar-refractivity contribution in [2.75, 3.05) is 19.7 Å². The molecule has 0 spiro atoms. The van der Waals surface area contributed by atoms with E-state index in [1.807, 2.05) is 0 Å². The van der Waals surface area contributed by atoms with E-state index < -0.39 is 21.3 Å². The Labute approximate surface area is 82.7 Å². The Bertz CT molecular complexity index is 302. The number of rotatable bonds is 2. The van der Waals surface area contributed by atoms with Gasteiger partial charge in [-0.3, -0.25) is 20.9 Å². The first kappa shape index (κ1) is 11.8.